The van der Waals surface area contributed by atoms with Crippen molar-refractivity contribution in [1.29, 1.82) is 0 Å². The lowest BCUT2D eigenvalue weighted by Crippen LogP contribution is -2.32. The number of primary amides is 1. The number of hydrogen-bond donors (Lipinski definition) is 2. The van der Waals surface area contributed by atoms with Crippen molar-refractivity contribution >= 4 is 17.7 Å². The third-order valence-corrected chi connectivity index (χ3v) is 2.98. The third kappa shape index (κ3) is 2.13. The average molecular weight is 242 g/mol. The van der Waals surface area contributed by atoms with Crippen LogP contribution in [0.3, 0.4) is 0 Å². The molecule has 0 aliphatic heterocycles. The number of carbonyl (C=O) groups is 1. The van der Waals surface area contributed by atoms with E-state index < -0.39 is 18.3 Å². The van der Waals surface area contributed by atoms with E-state index in [0.717, 1.165) is 12.0 Å². The first kappa shape index (κ1) is 11.2. The third-order valence-electron chi connectivity index (χ3n) is 2.74. The Hall–Kier alpha value is -1.26. The Morgan fingerprint density at radius 2 is 2.31 bits per heavy atom. The molecular formula is C11H12ClNO3. The molecule has 1 aromatic rings. The van der Waals surface area contributed by atoms with Crippen LogP contribution in [0.25, 0.3) is 0 Å². The lowest BCUT2D eigenvalue weighted by molar-refractivity contribution is -0.00520. The molecule has 2 atom stereocenters. The van der Waals surface area contributed by atoms with E-state index in [-0.39, 0.29) is 0 Å². The molecule has 1 aliphatic carbocycles. The van der Waals surface area contributed by atoms with Gasteiger partial charge in [-0.05, 0) is 36.1 Å². The number of fused-ring (bicyclic) bond motifs is 1. The molecule has 0 saturated carbocycles. The standard InChI is InChI=1S/C11H12ClNO3/c12-7-3-1-6-2-4-9(16-11(13)15)10(14)8(6)5-7/h1,3,5,9-10,14H,2,4H2,(H2,13,15)/t9-,10-/m1/s1. The summed E-state index contributed by atoms with van der Waals surface area (Å²) in [5.74, 6) is 0. The van der Waals surface area contributed by atoms with Crippen molar-refractivity contribution in [1.82, 2.24) is 0 Å². The highest BCUT2D eigenvalue weighted by molar-refractivity contribution is 6.30. The summed E-state index contributed by atoms with van der Waals surface area (Å²) in [5, 5.41) is 10.6. The van der Waals surface area contributed by atoms with E-state index in [0.29, 0.717) is 17.0 Å². The molecule has 1 amide bonds. The molecule has 0 unspecified atom stereocenters. The van der Waals surface area contributed by atoms with Gasteiger partial charge in [0.2, 0.25) is 0 Å². The zero-order valence-corrected chi connectivity index (χ0v) is 9.28. The van der Waals surface area contributed by atoms with Gasteiger partial charge < -0.3 is 15.6 Å². The van der Waals surface area contributed by atoms with E-state index in [1.807, 2.05) is 6.07 Å². The first-order valence-electron chi connectivity index (χ1n) is 5.00. The Morgan fingerprint density at radius 3 is 3.00 bits per heavy atom. The summed E-state index contributed by atoms with van der Waals surface area (Å²) >= 11 is 5.85. The Kier molecular flexibility index (Phi) is 3.03. The summed E-state index contributed by atoms with van der Waals surface area (Å²) in [6.07, 6.45) is -0.992. The Balaban J connectivity index is 2.26. The van der Waals surface area contributed by atoms with Gasteiger partial charge in [0.1, 0.15) is 12.2 Å². The van der Waals surface area contributed by atoms with Gasteiger partial charge in [-0.1, -0.05) is 17.7 Å². The minimum Gasteiger partial charge on any atom is -0.443 e. The van der Waals surface area contributed by atoms with E-state index in [2.05, 4.69) is 0 Å². The second-order valence-electron chi connectivity index (χ2n) is 3.80. The summed E-state index contributed by atoms with van der Waals surface area (Å²) < 4.78 is 4.85. The molecule has 0 bridgehead atoms. The molecule has 3 N–H and O–H groups in total. The van der Waals surface area contributed by atoms with Crippen molar-refractivity contribution in [2.75, 3.05) is 0 Å². The maximum Gasteiger partial charge on any atom is 0.404 e. The van der Waals surface area contributed by atoms with Gasteiger partial charge >= 0.3 is 6.09 Å². The fourth-order valence-electron chi connectivity index (χ4n) is 2.00. The normalized spacial score (nSPS) is 23.6. The maximum absolute atomic E-state index is 10.7. The number of rotatable bonds is 1. The summed E-state index contributed by atoms with van der Waals surface area (Å²) in [6, 6.07) is 5.35. The zero-order chi connectivity index (χ0) is 11.7. The number of aliphatic hydroxyl groups is 1. The minimum atomic E-state index is -0.866. The summed E-state index contributed by atoms with van der Waals surface area (Å²) in [5.41, 5.74) is 6.68. The molecule has 1 aromatic carbocycles. The maximum atomic E-state index is 10.7. The van der Waals surface area contributed by atoms with Crippen molar-refractivity contribution in [3.8, 4) is 0 Å². The van der Waals surface area contributed by atoms with Crippen molar-refractivity contribution in [3.05, 3.63) is 34.3 Å². The van der Waals surface area contributed by atoms with Gasteiger partial charge in [-0.15, -0.1) is 0 Å². The molecule has 2 rings (SSSR count). The predicted molar refractivity (Wildman–Crippen MR) is 59.2 cm³/mol. The van der Waals surface area contributed by atoms with Gasteiger partial charge in [0, 0.05) is 5.02 Å². The van der Waals surface area contributed by atoms with E-state index in [1.165, 1.54) is 0 Å². The van der Waals surface area contributed by atoms with Crippen molar-refractivity contribution in [2.24, 2.45) is 5.73 Å². The van der Waals surface area contributed by atoms with E-state index >= 15 is 0 Å². The molecular weight excluding hydrogens is 230 g/mol. The molecule has 4 nitrogen and oxygen atoms in total. The van der Waals surface area contributed by atoms with Crippen molar-refractivity contribution in [3.63, 3.8) is 0 Å². The molecule has 0 aromatic heterocycles. The molecule has 0 spiro atoms. The molecule has 5 heteroatoms. The van der Waals surface area contributed by atoms with Crippen LogP contribution >= 0.6 is 11.6 Å². The van der Waals surface area contributed by atoms with Crippen LogP contribution in [0, 0.1) is 0 Å². The van der Waals surface area contributed by atoms with Crippen LogP contribution in [0.2, 0.25) is 5.02 Å². The van der Waals surface area contributed by atoms with Gasteiger partial charge in [0.25, 0.3) is 0 Å². The second kappa shape index (κ2) is 4.31. The van der Waals surface area contributed by atoms with Crippen LogP contribution in [0.4, 0.5) is 4.79 Å². The largest absolute Gasteiger partial charge is 0.443 e. The SMILES string of the molecule is NC(=O)O[C@@H]1CCc2ccc(Cl)cc2[C@H]1O. The number of amides is 1. The fourth-order valence-corrected chi connectivity index (χ4v) is 2.18. The molecule has 0 fully saturated rings. The van der Waals surface area contributed by atoms with Crippen LogP contribution < -0.4 is 5.73 Å². The minimum absolute atomic E-state index is 0.553. The Bertz CT molecular complexity index is 422. The van der Waals surface area contributed by atoms with E-state index in [1.54, 1.807) is 12.1 Å². The van der Waals surface area contributed by atoms with E-state index in [9.17, 15) is 9.90 Å². The number of benzene rings is 1. The first-order valence-corrected chi connectivity index (χ1v) is 5.38. The lowest BCUT2D eigenvalue weighted by atomic mass is 9.87. The average Bonchev–Trinajstić information content (AvgIpc) is 2.22. The van der Waals surface area contributed by atoms with Gasteiger partial charge in [-0.2, -0.15) is 0 Å². The number of nitrogens with two attached hydrogens (primary N) is 1. The van der Waals surface area contributed by atoms with Crippen LogP contribution in [0.1, 0.15) is 23.7 Å². The summed E-state index contributed by atoms with van der Waals surface area (Å²) in [4.78, 5) is 10.7. The van der Waals surface area contributed by atoms with Crippen LogP contribution in [-0.4, -0.2) is 17.3 Å². The molecule has 86 valence electrons. The number of carbonyl (C=O) groups excluding carboxylic acids is 1. The smallest absolute Gasteiger partial charge is 0.404 e. The predicted octanol–water partition coefficient (Wildman–Crippen LogP) is 1.78. The summed E-state index contributed by atoms with van der Waals surface area (Å²) in [6.45, 7) is 0. The Morgan fingerprint density at radius 1 is 1.56 bits per heavy atom. The monoisotopic (exact) mass is 241 g/mol. The first-order chi connectivity index (χ1) is 7.58. The topological polar surface area (TPSA) is 72.6 Å². The van der Waals surface area contributed by atoms with Crippen LogP contribution in [0.5, 0.6) is 0 Å². The number of halogens is 1. The molecule has 0 radical (unpaired) electrons. The van der Waals surface area contributed by atoms with E-state index in [4.69, 9.17) is 22.1 Å². The van der Waals surface area contributed by atoms with Gasteiger partial charge in [0.05, 0.1) is 0 Å². The molecule has 16 heavy (non-hydrogen) atoms. The molecule has 0 saturated heterocycles. The highest BCUT2D eigenvalue weighted by Crippen LogP contribution is 2.33. The quantitative estimate of drug-likeness (QED) is 0.787. The number of hydrogen-bond acceptors (Lipinski definition) is 3. The number of ether oxygens (including phenoxy) is 1. The lowest BCUT2D eigenvalue weighted by Gasteiger charge is -2.29. The fraction of sp³-hybridized carbons (Fsp3) is 0.364. The summed E-state index contributed by atoms with van der Waals surface area (Å²) in [7, 11) is 0. The molecule has 1 aliphatic rings. The highest BCUT2D eigenvalue weighted by Gasteiger charge is 2.30. The number of aliphatic hydroxyl groups excluding tert-OH is 1. The van der Waals surface area contributed by atoms with Gasteiger partial charge in [-0.3, -0.25) is 0 Å². The second-order valence-corrected chi connectivity index (χ2v) is 4.24. The van der Waals surface area contributed by atoms with Crippen LogP contribution in [-0.2, 0) is 11.2 Å². The Labute approximate surface area is 98.0 Å². The van der Waals surface area contributed by atoms with Gasteiger partial charge in [0.15, 0.2) is 0 Å². The van der Waals surface area contributed by atoms with Crippen molar-refractivity contribution in [2.45, 2.75) is 25.0 Å². The highest BCUT2D eigenvalue weighted by atomic mass is 35.5. The van der Waals surface area contributed by atoms with Crippen molar-refractivity contribution < 1.29 is 14.6 Å². The van der Waals surface area contributed by atoms with Gasteiger partial charge in [-0.25, -0.2) is 4.79 Å². The van der Waals surface area contributed by atoms with Crippen LogP contribution in [0.15, 0.2) is 18.2 Å². The zero-order valence-electron chi connectivity index (χ0n) is 8.52. The number of aryl methyl sites for hydroxylation is 1. The molecule has 0 heterocycles.